The van der Waals surface area contributed by atoms with E-state index in [1.54, 1.807) is 0 Å². The van der Waals surface area contributed by atoms with Crippen LogP contribution in [-0.4, -0.2) is 36.1 Å². The van der Waals surface area contributed by atoms with Crippen molar-refractivity contribution in [1.29, 1.82) is 0 Å². The summed E-state index contributed by atoms with van der Waals surface area (Å²) in [5, 5.41) is 18.0. The van der Waals surface area contributed by atoms with E-state index in [1.165, 1.54) is 7.11 Å². The first-order chi connectivity index (χ1) is 5.20. The Labute approximate surface area is 67.0 Å². The highest BCUT2D eigenvalue weighted by molar-refractivity contribution is 4.93. The fourth-order valence-electron chi connectivity index (χ4n) is 0.709. The Kier molecular flexibility index (Phi) is 5.86. The van der Waals surface area contributed by atoms with Crippen molar-refractivity contribution in [2.24, 2.45) is 0 Å². The third-order valence-corrected chi connectivity index (χ3v) is 1.32. The van der Waals surface area contributed by atoms with Gasteiger partial charge in [0.15, 0.2) is 0 Å². The van der Waals surface area contributed by atoms with Crippen LogP contribution in [0.2, 0.25) is 0 Å². The van der Waals surface area contributed by atoms with Crippen LogP contribution in [-0.2, 0) is 4.74 Å². The SMILES string of the molecule is C#C[C@H](O)CC[C@H](O)COC. The maximum Gasteiger partial charge on any atom is 0.114 e. The van der Waals surface area contributed by atoms with Gasteiger partial charge in [0, 0.05) is 7.11 Å². The minimum absolute atomic E-state index is 0.289. The maximum atomic E-state index is 9.09. The van der Waals surface area contributed by atoms with Gasteiger partial charge in [-0.1, -0.05) is 5.92 Å². The standard InChI is InChI=1S/C8H14O3/c1-3-7(9)4-5-8(10)6-11-2/h1,7-10H,4-6H2,2H3/t7-,8-/m0/s1. The highest BCUT2D eigenvalue weighted by atomic mass is 16.5. The zero-order chi connectivity index (χ0) is 8.69. The Morgan fingerprint density at radius 2 is 2.09 bits per heavy atom. The zero-order valence-corrected chi connectivity index (χ0v) is 6.66. The van der Waals surface area contributed by atoms with Gasteiger partial charge in [0.25, 0.3) is 0 Å². The molecule has 0 aromatic carbocycles. The Morgan fingerprint density at radius 1 is 1.45 bits per heavy atom. The van der Waals surface area contributed by atoms with Crippen LogP contribution in [0, 0.1) is 12.3 Å². The van der Waals surface area contributed by atoms with E-state index in [1.807, 2.05) is 0 Å². The summed E-state index contributed by atoms with van der Waals surface area (Å²) in [5.74, 6) is 2.17. The zero-order valence-electron chi connectivity index (χ0n) is 6.66. The van der Waals surface area contributed by atoms with Gasteiger partial charge in [0.1, 0.15) is 6.10 Å². The second-order valence-corrected chi connectivity index (χ2v) is 2.37. The summed E-state index contributed by atoms with van der Waals surface area (Å²) >= 11 is 0. The average Bonchev–Trinajstić information content (AvgIpc) is 2.01. The van der Waals surface area contributed by atoms with Crippen molar-refractivity contribution in [1.82, 2.24) is 0 Å². The Morgan fingerprint density at radius 3 is 2.55 bits per heavy atom. The molecule has 2 atom stereocenters. The molecule has 0 heterocycles. The number of rotatable bonds is 5. The summed E-state index contributed by atoms with van der Waals surface area (Å²) in [6, 6.07) is 0. The molecule has 0 saturated carbocycles. The molecule has 3 heteroatoms. The highest BCUT2D eigenvalue weighted by Gasteiger charge is 2.05. The maximum absolute atomic E-state index is 9.09. The number of terminal acetylenes is 1. The molecule has 0 radical (unpaired) electrons. The molecule has 0 bridgehead atoms. The fraction of sp³-hybridized carbons (Fsp3) is 0.750. The molecule has 0 aromatic heterocycles. The second kappa shape index (κ2) is 6.17. The van der Waals surface area contributed by atoms with Gasteiger partial charge in [-0.15, -0.1) is 6.42 Å². The molecule has 0 aliphatic heterocycles. The van der Waals surface area contributed by atoms with Gasteiger partial charge in [-0.25, -0.2) is 0 Å². The van der Waals surface area contributed by atoms with Gasteiger partial charge in [-0.05, 0) is 12.8 Å². The molecule has 64 valence electrons. The summed E-state index contributed by atoms with van der Waals surface area (Å²) in [7, 11) is 1.51. The minimum atomic E-state index is -0.749. The first-order valence-electron chi connectivity index (χ1n) is 3.52. The lowest BCUT2D eigenvalue weighted by molar-refractivity contribution is 0.0512. The van der Waals surface area contributed by atoms with Gasteiger partial charge in [-0.2, -0.15) is 0 Å². The van der Waals surface area contributed by atoms with Crippen molar-refractivity contribution in [3.8, 4) is 12.3 Å². The van der Waals surface area contributed by atoms with Crippen LogP contribution in [0.25, 0.3) is 0 Å². The van der Waals surface area contributed by atoms with E-state index >= 15 is 0 Å². The van der Waals surface area contributed by atoms with Crippen molar-refractivity contribution in [2.45, 2.75) is 25.0 Å². The molecule has 0 saturated heterocycles. The molecule has 2 N–H and O–H groups in total. The lowest BCUT2D eigenvalue weighted by Crippen LogP contribution is -2.16. The molecule has 0 fully saturated rings. The molecular formula is C8H14O3. The predicted molar refractivity (Wildman–Crippen MR) is 42.0 cm³/mol. The van der Waals surface area contributed by atoms with E-state index in [2.05, 4.69) is 10.7 Å². The van der Waals surface area contributed by atoms with Gasteiger partial charge in [0.05, 0.1) is 12.7 Å². The average molecular weight is 158 g/mol. The van der Waals surface area contributed by atoms with Crippen LogP contribution >= 0.6 is 0 Å². The van der Waals surface area contributed by atoms with Gasteiger partial charge < -0.3 is 14.9 Å². The van der Waals surface area contributed by atoms with E-state index in [9.17, 15) is 0 Å². The monoisotopic (exact) mass is 158 g/mol. The van der Waals surface area contributed by atoms with E-state index in [-0.39, 0.29) is 6.61 Å². The van der Waals surface area contributed by atoms with Gasteiger partial charge in [-0.3, -0.25) is 0 Å². The first-order valence-corrected chi connectivity index (χ1v) is 3.52. The third kappa shape index (κ3) is 5.86. The van der Waals surface area contributed by atoms with Crippen molar-refractivity contribution in [3.63, 3.8) is 0 Å². The largest absolute Gasteiger partial charge is 0.391 e. The van der Waals surface area contributed by atoms with Crippen LogP contribution in [0.1, 0.15) is 12.8 Å². The Bertz CT molecular complexity index is 128. The molecule has 3 nitrogen and oxygen atoms in total. The second-order valence-electron chi connectivity index (χ2n) is 2.37. The number of ether oxygens (including phenoxy) is 1. The number of hydrogen-bond donors (Lipinski definition) is 2. The predicted octanol–water partition coefficient (Wildman–Crippen LogP) is -0.232. The quantitative estimate of drug-likeness (QED) is 0.543. The van der Waals surface area contributed by atoms with Gasteiger partial charge >= 0.3 is 0 Å². The molecule has 0 spiro atoms. The van der Waals surface area contributed by atoms with Crippen LogP contribution in [0.15, 0.2) is 0 Å². The molecule has 0 rings (SSSR count). The summed E-state index contributed by atoms with van der Waals surface area (Å²) in [6.07, 6.45) is 4.53. The molecular weight excluding hydrogens is 144 g/mol. The van der Waals surface area contributed by atoms with Crippen LogP contribution in [0.4, 0.5) is 0 Å². The molecule has 0 aliphatic carbocycles. The van der Waals surface area contributed by atoms with Gasteiger partial charge in [0.2, 0.25) is 0 Å². The molecule has 11 heavy (non-hydrogen) atoms. The molecule has 0 aliphatic rings. The van der Waals surface area contributed by atoms with Crippen molar-refractivity contribution < 1.29 is 14.9 Å². The third-order valence-electron chi connectivity index (χ3n) is 1.32. The summed E-state index contributed by atoms with van der Waals surface area (Å²) < 4.78 is 4.69. The van der Waals surface area contributed by atoms with Crippen molar-refractivity contribution >= 4 is 0 Å². The fourth-order valence-corrected chi connectivity index (χ4v) is 0.709. The van der Waals surface area contributed by atoms with E-state index in [4.69, 9.17) is 16.6 Å². The lowest BCUT2D eigenvalue weighted by Gasteiger charge is -2.09. The van der Waals surface area contributed by atoms with Crippen molar-refractivity contribution in [2.75, 3.05) is 13.7 Å². The van der Waals surface area contributed by atoms with E-state index in [0.29, 0.717) is 12.8 Å². The molecule has 0 aromatic rings. The molecule has 0 unspecified atom stereocenters. The summed E-state index contributed by atoms with van der Waals surface area (Å²) in [4.78, 5) is 0. The number of aliphatic hydroxyl groups excluding tert-OH is 2. The summed E-state index contributed by atoms with van der Waals surface area (Å²) in [6.45, 7) is 0.289. The number of methoxy groups -OCH3 is 1. The van der Waals surface area contributed by atoms with Crippen LogP contribution < -0.4 is 0 Å². The topological polar surface area (TPSA) is 49.7 Å². The van der Waals surface area contributed by atoms with E-state index in [0.717, 1.165) is 0 Å². The van der Waals surface area contributed by atoms with Crippen LogP contribution in [0.3, 0.4) is 0 Å². The smallest absolute Gasteiger partial charge is 0.114 e. The number of hydrogen-bond acceptors (Lipinski definition) is 3. The number of aliphatic hydroxyl groups is 2. The Balaban J connectivity index is 3.31. The summed E-state index contributed by atoms with van der Waals surface area (Å²) in [5.41, 5.74) is 0. The van der Waals surface area contributed by atoms with Crippen LogP contribution in [0.5, 0.6) is 0 Å². The van der Waals surface area contributed by atoms with E-state index < -0.39 is 12.2 Å². The highest BCUT2D eigenvalue weighted by Crippen LogP contribution is 2.00. The lowest BCUT2D eigenvalue weighted by atomic mass is 10.1. The minimum Gasteiger partial charge on any atom is -0.391 e. The first kappa shape index (κ1) is 10.4. The normalized spacial score (nSPS) is 15.5. The van der Waals surface area contributed by atoms with Crippen molar-refractivity contribution in [3.05, 3.63) is 0 Å². The Hall–Kier alpha value is -0.560. The molecule has 0 amide bonds.